The number of amides is 2. The highest BCUT2D eigenvalue weighted by Gasteiger charge is 2.54. The van der Waals surface area contributed by atoms with Crippen molar-refractivity contribution in [3.63, 3.8) is 0 Å². The van der Waals surface area contributed by atoms with Gasteiger partial charge in [0.25, 0.3) is 11.8 Å². The largest absolute Gasteiger partial charge is 0.497 e. The minimum Gasteiger partial charge on any atom is -0.497 e. The first-order valence-corrected chi connectivity index (χ1v) is 8.42. The molecule has 26 heavy (non-hydrogen) atoms. The van der Waals surface area contributed by atoms with Crippen LogP contribution in [0.3, 0.4) is 0 Å². The van der Waals surface area contributed by atoms with Crippen LogP contribution >= 0.6 is 0 Å². The van der Waals surface area contributed by atoms with Crippen LogP contribution in [0.4, 0.5) is 5.69 Å². The average molecular weight is 350 g/mol. The van der Waals surface area contributed by atoms with Gasteiger partial charge in [-0.15, -0.1) is 0 Å². The number of nitrogens with zero attached hydrogens (tertiary/aromatic N) is 4. The molecule has 2 amide bonds. The first-order chi connectivity index (χ1) is 12.7. The van der Waals surface area contributed by atoms with E-state index in [0.29, 0.717) is 18.7 Å². The number of anilines is 1. The van der Waals surface area contributed by atoms with Gasteiger partial charge in [-0.3, -0.25) is 14.6 Å². The van der Waals surface area contributed by atoms with E-state index >= 15 is 0 Å². The van der Waals surface area contributed by atoms with Crippen LogP contribution in [0.1, 0.15) is 5.56 Å². The Morgan fingerprint density at radius 2 is 1.73 bits per heavy atom. The Labute approximate surface area is 150 Å². The maximum absolute atomic E-state index is 12.8. The molecule has 4 rings (SSSR count). The molecule has 0 aliphatic carbocycles. The van der Waals surface area contributed by atoms with Crippen molar-refractivity contribution in [2.24, 2.45) is 10.3 Å². The Hall–Kier alpha value is -3.22. The van der Waals surface area contributed by atoms with Crippen LogP contribution in [0.25, 0.3) is 0 Å². The fraction of sp³-hybridized carbons (Fsp3) is 0.263. The van der Waals surface area contributed by atoms with Crippen molar-refractivity contribution in [1.29, 1.82) is 0 Å². The SMILES string of the molecule is COc1ccc(CCN2N=N[C@H]3C(=O)N(c4ccccc4)C(=O)[C@@H]32)cc1. The molecule has 1 saturated heterocycles. The van der Waals surface area contributed by atoms with Crippen LogP contribution in [0.15, 0.2) is 64.9 Å². The van der Waals surface area contributed by atoms with Gasteiger partial charge in [0.1, 0.15) is 5.75 Å². The highest BCUT2D eigenvalue weighted by Crippen LogP contribution is 2.31. The maximum Gasteiger partial charge on any atom is 0.263 e. The molecule has 0 radical (unpaired) electrons. The summed E-state index contributed by atoms with van der Waals surface area (Å²) in [5, 5.41) is 9.73. The number of methoxy groups -OCH3 is 1. The molecule has 2 aliphatic rings. The summed E-state index contributed by atoms with van der Waals surface area (Å²) >= 11 is 0. The Morgan fingerprint density at radius 3 is 2.42 bits per heavy atom. The van der Waals surface area contributed by atoms with Crippen LogP contribution < -0.4 is 9.64 Å². The van der Waals surface area contributed by atoms with Crippen molar-refractivity contribution >= 4 is 17.5 Å². The molecule has 132 valence electrons. The lowest BCUT2D eigenvalue weighted by Crippen LogP contribution is -2.40. The van der Waals surface area contributed by atoms with Crippen molar-refractivity contribution < 1.29 is 14.3 Å². The minimum absolute atomic E-state index is 0.272. The zero-order valence-electron chi connectivity index (χ0n) is 14.3. The minimum atomic E-state index is -0.751. The lowest BCUT2D eigenvalue weighted by atomic mass is 10.1. The normalized spacial score (nSPS) is 21.4. The predicted molar refractivity (Wildman–Crippen MR) is 94.8 cm³/mol. The lowest BCUT2D eigenvalue weighted by molar-refractivity contribution is -0.123. The molecule has 2 heterocycles. The van der Waals surface area contributed by atoms with E-state index in [-0.39, 0.29) is 11.8 Å². The lowest BCUT2D eigenvalue weighted by Gasteiger charge is -2.20. The van der Waals surface area contributed by atoms with E-state index in [4.69, 9.17) is 4.74 Å². The molecular formula is C19H18N4O3. The Balaban J connectivity index is 1.48. The number of carbonyl (C=O) groups excluding carboxylic acids is 2. The van der Waals surface area contributed by atoms with Gasteiger partial charge in [0.2, 0.25) is 0 Å². The molecular weight excluding hydrogens is 332 g/mol. The van der Waals surface area contributed by atoms with Crippen LogP contribution in [0, 0.1) is 0 Å². The number of ether oxygens (including phenoxy) is 1. The van der Waals surface area contributed by atoms with Gasteiger partial charge in [-0.05, 0) is 36.2 Å². The molecule has 7 nitrogen and oxygen atoms in total. The van der Waals surface area contributed by atoms with E-state index in [0.717, 1.165) is 11.3 Å². The van der Waals surface area contributed by atoms with Gasteiger partial charge in [0, 0.05) is 6.54 Å². The topological polar surface area (TPSA) is 74.6 Å². The second kappa shape index (κ2) is 6.59. The van der Waals surface area contributed by atoms with E-state index in [1.807, 2.05) is 30.3 Å². The van der Waals surface area contributed by atoms with Gasteiger partial charge < -0.3 is 4.74 Å². The molecule has 0 unspecified atom stereocenters. The number of rotatable bonds is 5. The number of fused-ring (bicyclic) bond motifs is 1. The zero-order valence-corrected chi connectivity index (χ0v) is 14.3. The second-order valence-corrected chi connectivity index (χ2v) is 6.20. The van der Waals surface area contributed by atoms with Crippen molar-refractivity contribution in [1.82, 2.24) is 5.01 Å². The number of carbonyl (C=O) groups is 2. The Bertz CT molecular complexity index is 851. The van der Waals surface area contributed by atoms with E-state index in [2.05, 4.69) is 10.3 Å². The number of hydrogen-bond acceptors (Lipinski definition) is 6. The monoisotopic (exact) mass is 350 g/mol. The summed E-state index contributed by atoms with van der Waals surface area (Å²) in [7, 11) is 1.63. The smallest absolute Gasteiger partial charge is 0.263 e. The molecule has 0 N–H and O–H groups in total. The molecule has 2 aromatic rings. The maximum atomic E-state index is 12.8. The summed E-state index contributed by atoms with van der Waals surface area (Å²) in [6.07, 6.45) is 0.693. The quantitative estimate of drug-likeness (QED) is 0.775. The Kier molecular flexibility index (Phi) is 4.12. The molecule has 2 aliphatic heterocycles. The van der Waals surface area contributed by atoms with Crippen LogP contribution in [-0.4, -0.2) is 42.6 Å². The van der Waals surface area contributed by atoms with Crippen LogP contribution in [0.5, 0.6) is 5.75 Å². The van der Waals surface area contributed by atoms with Crippen LogP contribution in [0.2, 0.25) is 0 Å². The summed E-state index contributed by atoms with van der Waals surface area (Å²) in [4.78, 5) is 26.6. The second-order valence-electron chi connectivity index (χ2n) is 6.20. The molecule has 0 aromatic heterocycles. The first kappa shape index (κ1) is 16.3. The summed E-state index contributed by atoms with van der Waals surface area (Å²) in [6.45, 7) is 0.513. The van der Waals surface area contributed by atoms with E-state index in [1.165, 1.54) is 4.90 Å². The molecule has 0 bridgehead atoms. The standard InChI is InChI=1S/C19H18N4O3/c1-26-15-9-7-13(8-10-15)11-12-22-17-16(20-21-22)18(24)23(19(17)25)14-5-3-2-4-6-14/h2-10,16-17H,11-12H2,1H3/t16-,17-/m1/s1. The van der Waals surface area contributed by atoms with Crippen molar-refractivity contribution in [2.75, 3.05) is 18.6 Å². The van der Waals surface area contributed by atoms with E-state index in [9.17, 15) is 9.59 Å². The van der Waals surface area contributed by atoms with Gasteiger partial charge >= 0.3 is 0 Å². The van der Waals surface area contributed by atoms with Crippen LogP contribution in [-0.2, 0) is 16.0 Å². The highest BCUT2D eigenvalue weighted by atomic mass is 16.5. The fourth-order valence-corrected chi connectivity index (χ4v) is 3.28. The molecule has 2 aromatic carbocycles. The van der Waals surface area contributed by atoms with Gasteiger partial charge in [-0.1, -0.05) is 35.6 Å². The molecule has 1 fully saturated rings. The number of benzene rings is 2. The molecule has 0 spiro atoms. The zero-order chi connectivity index (χ0) is 18.1. The third-order valence-electron chi connectivity index (χ3n) is 4.66. The number of hydrogen-bond donors (Lipinski definition) is 0. The van der Waals surface area contributed by atoms with Crippen molar-refractivity contribution in [3.05, 3.63) is 60.2 Å². The summed E-state index contributed by atoms with van der Waals surface area (Å²) in [5.41, 5.74) is 1.67. The third kappa shape index (κ3) is 2.71. The average Bonchev–Trinajstić information content (AvgIpc) is 3.21. The Morgan fingerprint density at radius 1 is 1.00 bits per heavy atom. The highest BCUT2D eigenvalue weighted by molar-refractivity contribution is 6.25. The number of para-hydroxylation sites is 1. The summed E-state index contributed by atoms with van der Waals surface area (Å²) in [6, 6.07) is 15.3. The predicted octanol–water partition coefficient (Wildman–Crippen LogP) is 2.23. The van der Waals surface area contributed by atoms with Crippen molar-refractivity contribution in [3.8, 4) is 5.75 Å². The van der Waals surface area contributed by atoms with E-state index < -0.39 is 12.1 Å². The van der Waals surface area contributed by atoms with Crippen molar-refractivity contribution in [2.45, 2.75) is 18.5 Å². The molecule has 0 saturated carbocycles. The molecule has 2 atom stereocenters. The summed E-state index contributed by atoms with van der Waals surface area (Å²) in [5.74, 6) is 0.206. The van der Waals surface area contributed by atoms with Gasteiger partial charge in [0.05, 0.1) is 12.8 Å². The van der Waals surface area contributed by atoms with E-state index in [1.54, 1.807) is 36.4 Å². The number of imide groups is 1. The molecule has 7 heteroatoms. The third-order valence-corrected chi connectivity index (χ3v) is 4.66. The van der Waals surface area contributed by atoms with Gasteiger partial charge in [-0.25, -0.2) is 4.90 Å². The summed E-state index contributed by atoms with van der Waals surface area (Å²) < 4.78 is 5.15. The fourth-order valence-electron chi connectivity index (χ4n) is 3.28. The van der Waals surface area contributed by atoms with Gasteiger partial charge in [-0.2, -0.15) is 5.11 Å². The first-order valence-electron chi connectivity index (χ1n) is 8.42. The van der Waals surface area contributed by atoms with Gasteiger partial charge in [0.15, 0.2) is 12.1 Å².